The van der Waals surface area contributed by atoms with Crippen molar-refractivity contribution in [1.82, 2.24) is 0 Å². The first-order valence-electron chi connectivity index (χ1n) is 1.61. The van der Waals surface area contributed by atoms with Crippen LogP contribution in [-0.4, -0.2) is 15.4 Å². The molecule has 5 heteroatoms. The Labute approximate surface area is 62.8 Å². The number of rotatable bonds is 3. The maximum atomic E-state index is 9.49. The fraction of sp³-hybridized carbons (Fsp3) is 0.333. The third kappa shape index (κ3) is 9.64. The third-order valence-electron chi connectivity index (χ3n) is 0.282. The molecule has 0 N–H and O–H groups in total. The summed E-state index contributed by atoms with van der Waals surface area (Å²) in [5.41, 5.74) is 0. The van der Waals surface area contributed by atoms with E-state index in [1.54, 1.807) is 0 Å². The summed E-state index contributed by atoms with van der Waals surface area (Å²) in [4.78, 5) is 0. The van der Waals surface area contributed by atoms with Crippen molar-refractivity contribution in [2.75, 3.05) is 6.61 Å². The maximum Gasteiger partial charge on any atom is 1.00 e. The molecule has 1 atom stereocenters. The first-order chi connectivity index (χ1) is 3.27. The molecular weight excluding hydrogens is 123 g/mol. The monoisotopic (exact) mass is 128 g/mol. The quantitative estimate of drug-likeness (QED) is 0.231. The average molecular weight is 128 g/mol. The molecule has 0 saturated heterocycles. The van der Waals surface area contributed by atoms with Gasteiger partial charge in [0.25, 0.3) is 0 Å². The molecular formula is C3H5LiO3S. The normalized spacial score (nSPS) is 11.6. The van der Waals surface area contributed by atoms with Crippen LogP contribution in [0.4, 0.5) is 0 Å². The van der Waals surface area contributed by atoms with Crippen molar-refractivity contribution in [1.29, 1.82) is 0 Å². The minimum atomic E-state index is -2.39. The SMILES string of the molecule is C=CCOS(=O)[O-].[Li+]. The molecule has 0 aromatic heterocycles. The van der Waals surface area contributed by atoms with Gasteiger partial charge in [-0.25, -0.2) is 4.21 Å². The summed E-state index contributed by atoms with van der Waals surface area (Å²) in [6.07, 6.45) is 1.36. The van der Waals surface area contributed by atoms with Gasteiger partial charge in [0.1, 0.15) is 0 Å². The molecule has 1 unspecified atom stereocenters. The van der Waals surface area contributed by atoms with Crippen LogP contribution >= 0.6 is 0 Å². The zero-order valence-electron chi connectivity index (χ0n) is 4.62. The Morgan fingerprint density at radius 1 is 1.88 bits per heavy atom. The smallest absolute Gasteiger partial charge is 0.750 e. The van der Waals surface area contributed by atoms with Gasteiger partial charge in [0.2, 0.25) is 0 Å². The van der Waals surface area contributed by atoms with E-state index in [2.05, 4.69) is 10.8 Å². The second kappa shape index (κ2) is 7.41. The van der Waals surface area contributed by atoms with Crippen molar-refractivity contribution in [2.45, 2.75) is 0 Å². The van der Waals surface area contributed by atoms with Crippen LogP contribution in [-0.2, 0) is 15.5 Å². The van der Waals surface area contributed by atoms with Crippen LogP contribution in [0.3, 0.4) is 0 Å². The summed E-state index contributed by atoms with van der Waals surface area (Å²) in [7, 11) is 0. The molecule has 42 valence electrons. The first-order valence-corrected chi connectivity index (χ1v) is 2.61. The summed E-state index contributed by atoms with van der Waals surface area (Å²) in [5, 5.41) is 0. The summed E-state index contributed by atoms with van der Waals surface area (Å²) < 4.78 is 23.0. The Morgan fingerprint density at radius 2 is 2.38 bits per heavy atom. The average Bonchev–Trinajstić information content (AvgIpc) is 1.61. The molecule has 0 aliphatic rings. The Morgan fingerprint density at radius 3 is 2.50 bits per heavy atom. The van der Waals surface area contributed by atoms with Crippen LogP contribution in [0, 0.1) is 0 Å². The molecule has 0 heterocycles. The van der Waals surface area contributed by atoms with Gasteiger partial charge in [-0.2, -0.15) is 0 Å². The van der Waals surface area contributed by atoms with Gasteiger partial charge in [-0.15, -0.1) is 6.58 Å². The molecule has 0 fully saturated rings. The summed E-state index contributed by atoms with van der Waals surface area (Å²) in [6.45, 7) is 3.29. The van der Waals surface area contributed by atoms with Crippen molar-refractivity contribution in [3.05, 3.63) is 12.7 Å². The molecule has 0 amide bonds. The molecule has 0 aliphatic heterocycles. The van der Waals surface area contributed by atoms with E-state index in [9.17, 15) is 8.76 Å². The third-order valence-corrected chi connectivity index (χ3v) is 0.611. The van der Waals surface area contributed by atoms with E-state index in [1.807, 2.05) is 0 Å². The largest absolute Gasteiger partial charge is 1.00 e. The van der Waals surface area contributed by atoms with Gasteiger partial charge in [-0.1, -0.05) is 6.08 Å². The molecule has 3 nitrogen and oxygen atoms in total. The summed E-state index contributed by atoms with van der Waals surface area (Å²) in [6, 6.07) is 0. The van der Waals surface area contributed by atoms with Gasteiger partial charge in [0.15, 0.2) is 0 Å². The van der Waals surface area contributed by atoms with Crippen LogP contribution in [0.15, 0.2) is 12.7 Å². The van der Waals surface area contributed by atoms with E-state index in [0.717, 1.165) is 0 Å². The first kappa shape index (κ1) is 11.2. The fourth-order valence-corrected chi connectivity index (χ4v) is 0.311. The van der Waals surface area contributed by atoms with Crippen LogP contribution in [0.1, 0.15) is 0 Å². The summed E-state index contributed by atoms with van der Waals surface area (Å²) >= 11 is -2.39. The molecule has 0 rings (SSSR count). The van der Waals surface area contributed by atoms with Gasteiger partial charge < -0.3 is 4.55 Å². The van der Waals surface area contributed by atoms with Gasteiger partial charge in [0.05, 0.1) is 18.0 Å². The standard InChI is InChI=1S/C3H6O3S.Li/c1-2-3-6-7(4)5;/h2H,1,3H2,(H,4,5);/q;+1/p-1. The van der Waals surface area contributed by atoms with Crippen molar-refractivity contribution in [3.8, 4) is 0 Å². The molecule has 8 heavy (non-hydrogen) atoms. The minimum Gasteiger partial charge on any atom is -0.750 e. The van der Waals surface area contributed by atoms with E-state index in [-0.39, 0.29) is 25.5 Å². The van der Waals surface area contributed by atoms with E-state index in [1.165, 1.54) is 6.08 Å². The van der Waals surface area contributed by atoms with E-state index >= 15 is 0 Å². The van der Waals surface area contributed by atoms with Crippen LogP contribution in [0.25, 0.3) is 0 Å². The van der Waals surface area contributed by atoms with Crippen molar-refractivity contribution < 1.29 is 31.8 Å². The zero-order valence-corrected chi connectivity index (χ0v) is 5.44. The van der Waals surface area contributed by atoms with Crippen molar-refractivity contribution in [3.63, 3.8) is 0 Å². The van der Waals surface area contributed by atoms with Gasteiger partial charge in [0, 0.05) is 0 Å². The van der Waals surface area contributed by atoms with Crippen LogP contribution in [0.5, 0.6) is 0 Å². The predicted octanol–water partition coefficient (Wildman–Crippen LogP) is -3.01. The molecule has 0 aromatic carbocycles. The van der Waals surface area contributed by atoms with Crippen LogP contribution in [0.2, 0.25) is 0 Å². The second-order valence-electron chi connectivity index (χ2n) is 0.777. The van der Waals surface area contributed by atoms with Crippen molar-refractivity contribution >= 4 is 11.4 Å². The minimum absolute atomic E-state index is 0. The maximum absolute atomic E-state index is 9.49. The molecule has 0 bridgehead atoms. The van der Waals surface area contributed by atoms with Crippen LogP contribution < -0.4 is 18.9 Å². The molecule has 0 spiro atoms. The molecule has 0 aliphatic carbocycles. The predicted molar refractivity (Wildman–Crippen MR) is 25.1 cm³/mol. The molecule has 0 radical (unpaired) electrons. The summed E-state index contributed by atoms with van der Waals surface area (Å²) in [5.74, 6) is 0. The molecule has 0 aromatic rings. The van der Waals surface area contributed by atoms with E-state index in [0.29, 0.717) is 0 Å². The second-order valence-corrected chi connectivity index (χ2v) is 1.42. The topological polar surface area (TPSA) is 49.4 Å². The van der Waals surface area contributed by atoms with Gasteiger partial charge in [-0.05, 0) is 0 Å². The Hall–Kier alpha value is 0.407. The van der Waals surface area contributed by atoms with Crippen molar-refractivity contribution in [2.24, 2.45) is 0 Å². The fourth-order valence-electron chi connectivity index (χ4n) is 0.104. The van der Waals surface area contributed by atoms with Gasteiger partial charge in [-0.3, -0.25) is 4.18 Å². The molecule has 0 saturated carbocycles. The van der Waals surface area contributed by atoms with E-state index < -0.39 is 11.4 Å². The Balaban J connectivity index is 0. The van der Waals surface area contributed by atoms with Gasteiger partial charge >= 0.3 is 18.9 Å². The van der Waals surface area contributed by atoms with E-state index in [4.69, 9.17) is 0 Å². The number of hydrogen-bond acceptors (Lipinski definition) is 3. The Kier molecular flexibility index (Phi) is 10.4. The zero-order chi connectivity index (χ0) is 5.70. The number of hydrogen-bond donors (Lipinski definition) is 0. The Bertz CT molecular complexity index is 84.6.